The predicted molar refractivity (Wildman–Crippen MR) is 115 cm³/mol. The molecule has 32 heavy (non-hydrogen) atoms. The highest BCUT2D eigenvalue weighted by Gasteiger charge is 2.31. The molecule has 9 heteroatoms. The van der Waals surface area contributed by atoms with Gasteiger partial charge in [0.1, 0.15) is 17.2 Å². The third-order valence-corrected chi connectivity index (χ3v) is 5.95. The maximum atomic E-state index is 13.9. The summed E-state index contributed by atoms with van der Waals surface area (Å²) in [7, 11) is 0. The van der Waals surface area contributed by atoms with Crippen molar-refractivity contribution in [2.45, 2.75) is 39.3 Å². The van der Waals surface area contributed by atoms with E-state index in [-0.39, 0.29) is 11.0 Å². The summed E-state index contributed by atoms with van der Waals surface area (Å²) in [4.78, 5) is 17.3. The number of hydrogen-bond donors (Lipinski definition) is 1. The molecule has 0 bridgehead atoms. The molecule has 0 fully saturated rings. The molecule has 0 aliphatic carbocycles. The minimum absolute atomic E-state index is 0.0590. The lowest BCUT2D eigenvalue weighted by atomic mass is 9.98. The third kappa shape index (κ3) is 5.51. The number of benzene rings is 2. The standard InChI is InChI=1S/C23H21F5N2OS/c1-3-6-13(2)11-18-20(14-7-4-8-15(12-14)23(26,27)28)32-22(29-18)30-21(31)19-16(24)9-5-10-17(19)25/h4-5,7-10,12-13H,3,6,11H2,1-2H3,(H,29,30,31). The number of carbonyl (C=O) groups is 1. The molecule has 1 unspecified atom stereocenters. The number of halogens is 5. The van der Waals surface area contributed by atoms with Gasteiger partial charge in [-0.25, -0.2) is 13.8 Å². The summed E-state index contributed by atoms with van der Waals surface area (Å²) in [5, 5.41) is 2.45. The highest BCUT2D eigenvalue weighted by molar-refractivity contribution is 7.19. The number of amides is 1. The van der Waals surface area contributed by atoms with Gasteiger partial charge in [0, 0.05) is 0 Å². The number of nitrogens with one attached hydrogen (secondary N) is 1. The summed E-state index contributed by atoms with van der Waals surface area (Å²) in [5.41, 5.74) is -0.702. The van der Waals surface area contributed by atoms with Crippen molar-refractivity contribution in [1.29, 1.82) is 0 Å². The van der Waals surface area contributed by atoms with Gasteiger partial charge in [-0.3, -0.25) is 10.1 Å². The molecule has 0 saturated carbocycles. The van der Waals surface area contributed by atoms with E-state index in [1.807, 2.05) is 13.8 Å². The van der Waals surface area contributed by atoms with Crippen molar-refractivity contribution in [3.63, 3.8) is 0 Å². The number of nitrogens with zero attached hydrogens (tertiary/aromatic N) is 1. The molecule has 170 valence electrons. The zero-order chi connectivity index (χ0) is 23.5. The molecule has 0 spiro atoms. The van der Waals surface area contributed by atoms with Crippen LogP contribution in [-0.4, -0.2) is 10.9 Å². The Kier molecular flexibility index (Phi) is 7.28. The smallest absolute Gasteiger partial charge is 0.298 e. The van der Waals surface area contributed by atoms with Gasteiger partial charge < -0.3 is 0 Å². The Bertz CT molecular complexity index is 1090. The second-order valence-electron chi connectivity index (χ2n) is 7.52. The molecule has 2 aromatic carbocycles. The maximum Gasteiger partial charge on any atom is 0.416 e. The van der Waals surface area contributed by atoms with Crippen molar-refractivity contribution < 1.29 is 26.7 Å². The second-order valence-corrected chi connectivity index (χ2v) is 8.52. The van der Waals surface area contributed by atoms with Crippen LogP contribution in [0, 0.1) is 17.6 Å². The van der Waals surface area contributed by atoms with Gasteiger partial charge >= 0.3 is 6.18 Å². The van der Waals surface area contributed by atoms with Crippen LogP contribution >= 0.6 is 11.3 Å². The largest absolute Gasteiger partial charge is 0.416 e. The minimum Gasteiger partial charge on any atom is -0.298 e. The van der Waals surface area contributed by atoms with Crippen molar-refractivity contribution >= 4 is 22.4 Å². The van der Waals surface area contributed by atoms with Crippen molar-refractivity contribution in [2.24, 2.45) is 5.92 Å². The molecule has 0 radical (unpaired) electrons. The predicted octanol–water partition coefficient (Wildman–Crippen LogP) is 7.34. The topological polar surface area (TPSA) is 42.0 Å². The number of hydrogen-bond acceptors (Lipinski definition) is 3. The van der Waals surface area contributed by atoms with Gasteiger partial charge in [0.2, 0.25) is 0 Å². The molecule has 3 aromatic rings. The average molecular weight is 468 g/mol. The lowest BCUT2D eigenvalue weighted by molar-refractivity contribution is -0.137. The van der Waals surface area contributed by atoms with E-state index in [9.17, 15) is 26.7 Å². The molecule has 3 rings (SSSR count). The molecular weight excluding hydrogens is 447 g/mol. The van der Waals surface area contributed by atoms with Gasteiger partial charge in [-0.1, -0.05) is 56.2 Å². The van der Waals surface area contributed by atoms with Crippen LogP contribution in [0.4, 0.5) is 27.1 Å². The van der Waals surface area contributed by atoms with E-state index in [4.69, 9.17) is 0 Å². The van der Waals surface area contributed by atoms with Gasteiger partial charge in [-0.2, -0.15) is 13.2 Å². The van der Waals surface area contributed by atoms with Crippen molar-refractivity contribution in [2.75, 3.05) is 5.32 Å². The number of alkyl halides is 3. The first kappa shape index (κ1) is 23.8. The highest BCUT2D eigenvalue weighted by atomic mass is 32.1. The molecular formula is C23H21F5N2OS. The number of anilines is 1. The molecule has 0 aliphatic heterocycles. The van der Waals surface area contributed by atoms with E-state index < -0.39 is 34.8 Å². The average Bonchev–Trinajstić information content (AvgIpc) is 3.09. The van der Waals surface area contributed by atoms with Crippen LogP contribution in [0.3, 0.4) is 0 Å². The van der Waals surface area contributed by atoms with Gasteiger partial charge in [0.15, 0.2) is 5.13 Å². The van der Waals surface area contributed by atoms with Crippen LogP contribution < -0.4 is 5.32 Å². The first-order valence-electron chi connectivity index (χ1n) is 10.0. The molecule has 3 nitrogen and oxygen atoms in total. The molecule has 1 aromatic heterocycles. The van der Waals surface area contributed by atoms with E-state index in [1.54, 1.807) is 6.07 Å². The summed E-state index contributed by atoms with van der Waals surface area (Å²) in [6.45, 7) is 4.03. The van der Waals surface area contributed by atoms with Gasteiger partial charge in [0.05, 0.1) is 16.1 Å². The Hall–Kier alpha value is -2.81. The summed E-state index contributed by atoms with van der Waals surface area (Å²) in [5.74, 6) is -2.85. The molecule has 0 aliphatic rings. The van der Waals surface area contributed by atoms with Gasteiger partial charge in [-0.05, 0) is 42.2 Å². The van der Waals surface area contributed by atoms with E-state index in [0.29, 0.717) is 22.6 Å². The fourth-order valence-electron chi connectivity index (χ4n) is 3.41. The molecule has 1 N–H and O–H groups in total. The number of aromatic nitrogens is 1. The normalized spacial score (nSPS) is 12.6. The zero-order valence-electron chi connectivity index (χ0n) is 17.4. The molecule has 1 amide bonds. The SMILES string of the molecule is CCCC(C)Cc1nc(NC(=O)c2c(F)cccc2F)sc1-c1cccc(C(F)(F)F)c1. The Balaban J connectivity index is 1.99. The Labute approximate surface area is 186 Å². The molecule has 1 atom stereocenters. The monoisotopic (exact) mass is 468 g/mol. The lowest BCUT2D eigenvalue weighted by Crippen LogP contribution is -2.15. The van der Waals surface area contributed by atoms with Crippen LogP contribution in [0.15, 0.2) is 42.5 Å². The number of thiazole rings is 1. The first-order chi connectivity index (χ1) is 15.1. The molecule has 1 heterocycles. The zero-order valence-corrected chi connectivity index (χ0v) is 18.2. The number of rotatable bonds is 7. The highest BCUT2D eigenvalue weighted by Crippen LogP contribution is 2.38. The van der Waals surface area contributed by atoms with E-state index in [1.165, 1.54) is 6.07 Å². The summed E-state index contributed by atoms with van der Waals surface area (Å²) in [6, 6.07) is 7.93. The lowest BCUT2D eigenvalue weighted by Gasteiger charge is -2.11. The second kappa shape index (κ2) is 9.77. The Morgan fingerprint density at radius 2 is 1.78 bits per heavy atom. The quantitative estimate of drug-likeness (QED) is 0.369. The summed E-state index contributed by atoms with van der Waals surface area (Å²) in [6.07, 6.45) is -2.20. The first-order valence-corrected chi connectivity index (χ1v) is 10.8. The van der Waals surface area contributed by atoms with Crippen molar-refractivity contribution in [1.82, 2.24) is 4.98 Å². The Morgan fingerprint density at radius 1 is 1.12 bits per heavy atom. The minimum atomic E-state index is -4.50. The summed E-state index contributed by atoms with van der Waals surface area (Å²) < 4.78 is 67.5. The third-order valence-electron chi connectivity index (χ3n) is 4.88. The van der Waals surface area contributed by atoms with Crippen LogP contribution in [0.5, 0.6) is 0 Å². The fraction of sp³-hybridized carbons (Fsp3) is 0.304. The van der Waals surface area contributed by atoms with Crippen LogP contribution in [0.1, 0.15) is 48.3 Å². The Morgan fingerprint density at radius 3 is 2.41 bits per heavy atom. The van der Waals surface area contributed by atoms with Crippen molar-refractivity contribution in [3.8, 4) is 10.4 Å². The fourth-order valence-corrected chi connectivity index (χ4v) is 4.39. The van der Waals surface area contributed by atoms with E-state index in [0.717, 1.165) is 54.5 Å². The van der Waals surface area contributed by atoms with Crippen LogP contribution in [-0.2, 0) is 12.6 Å². The number of carbonyl (C=O) groups excluding carboxylic acids is 1. The molecule has 0 saturated heterocycles. The maximum absolute atomic E-state index is 13.9. The van der Waals surface area contributed by atoms with Crippen molar-refractivity contribution in [3.05, 3.63) is 70.9 Å². The van der Waals surface area contributed by atoms with Crippen LogP contribution in [0.25, 0.3) is 10.4 Å². The van der Waals surface area contributed by atoms with Gasteiger partial charge in [0.25, 0.3) is 5.91 Å². The van der Waals surface area contributed by atoms with Crippen LogP contribution in [0.2, 0.25) is 0 Å². The van der Waals surface area contributed by atoms with E-state index >= 15 is 0 Å². The summed E-state index contributed by atoms with van der Waals surface area (Å²) >= 11 is 0.971. The van der Waals surface area contributed by atoms with Gasteiger partial charge in [-0.15, -0.1) is 0 Å². The van der Waals surface area contributed by atoms with E-state index in [2.05, 4.69) is 10.3 Å².